The number of nitrogen functional groups attached to an aromatic ring is 1. The molecule has 0 bridgehead atoms. The highest BCUT2D eigenvalue weighted by molar-refractivity contribution is 5.80. The highest BCUT2D eigenvalue weighted by Gasteiger charge is 2.11. The number of fused-ring (bicyclic) bond motifs is 1. The van der Waals surface area contributed by atoms with Crippen molar-refractivity contribution >= 4 is 23.0 Å². The Labute approximate surface area is 111 Å². The summed E-state index contributed by atoms with van der Waals surface area (Å²) in [5.74, 6) is -0.0440. The van der Waals surface area contributed by atoms with Crippen LogP contribution in [0.5, 0.6) is 0 Å². The maximum atomic E-state index is 11.7. The number of imidazole rings is 1. The number of benzene rings is 1. The van der Waals surface area contributed by atoms with Gasteiger partial charge in [-0.3, -0.25) is 9.36 Å². The van der Waals surface area contributed by atoms with Gasteiger partial charge >= 0.3 is 5.97 Å². The number of nitrogens with two attached hydrogens (primary N) is 1. The monoisotopic (exact) mass is 263 g/mol. The lowest BCUT2D eigenvalue weighted by Crippen LogP contribution is -2.17. The molecule has 0 aliphatic heterocycles. The lowest BCUT2D eigenvalue weighted by atomic mass is 10.3. The van der Waals surface area contributed by atoms with Gasteiger partial charge < -0.3 is 15.2 Å². The van der Waals surface area contributed by atoms with Crippen LogP contribution in [-0.4, -0.2) is 35.3 Å². The van der Waals surface area contributed by atoms with Crippen molar-refractivity contribution in [3.05, 3.63) is 24.3 Å². The minimum absolute atomic E-state index is 0.0540. The highest BCUT2D eigenvalue weighted by Crippen LogP contribution is 2.17. The van der Waals surface area contributed by atoms with Crippen molar-refractivity contribution in [2.24, 2.45) is 0 Å². The molecule has 2 aromatic rings. The zero-order valence-electron chi connectivity index (χ0n) is 10.8. The van der Waals surface area contributed by atoms with E-state index < -0.39 is 0 Å². The van der Waals surface area contributed by atoms with Gasteiger partial charge in [-0.2, -0.15) is 0 Å². The molecule has 19 heavy (non-hydrogen) atoms. The number of para-hydroxylation sites is 2. The Bertz CT molecular complexity index is 565. The Morgan fingerprint density at radius 3 is 2.95 bits per heavy atom. The van der Waals surface area contributed by atoms with Crippen LogP contribution in [0.15, 0.2) is 24.3 Å². The van der Waals surface area contributed by atoms with Crippen molar-refractivity contribution in [1.82, 2.24) is 9.55 Å². The zero-order chi connectivity index (χ0) is 13.7. The van der Waals surface area contributed by atoms with E-state index in [2.05, 4.69) is 4.98 Å². The van der Waals surface area contributed by atoms with Gasteiger partial charge in [0.2, 0.25) is 5.95 Å². The summed E-state index contributed by atoms with van der Waals surface area (Å²) < 4.78 is 11.8. The Morgan fingerprint density at radius 2 is 2.16 bits per heavy atom. The van der Waals surface area contributed by atoms with Crippen molar-refractivity contribution in [1.29, 1.82) is 0 Å². The van der Waals surface area contributed by atoms with Crippen molar-refractivity contribution in [3.8, 4) is 0 Å². The van der Waals surface area contributed by atoms with Crippen LogP contribution in [0.2, 0.25) is 0 Å². The molecule has 1 aromatic carbocycles. The Balaban J connectivity index is 2.00. The van der Waals surface area contributed by atoms with Gasteiger partial charge in [0, 0.05) is 6.61 Å². The van der Waals surface area contributed by atoms with Gasteiger partial charge in [-0.15, -0.1) is 0 Å². The largest absolute Gasteiger partial charge is 0.462 e. The second-order valence-electron chi connectivity index (χ2n) is 3.96. The molecule has 6 heteroatoms. The molecule has 0 amide bonds. The molecule has 0 spiro atoms. The summed E-state index contributed by atoms with van der Waals surface area (Å²) in [6.07, 6.45) is 0. The second kappa shape index (κ2) is 6.19. The topological polar surface area (TPSA) is 79.4 Å². The van der Waals surface area contributed by atoms with Crippen LogP contribution >= 0.6 is 0 Å². The third kappa shape index (κ3) is 3.23. The number of hydrogen-bond acceptors (Lipinski definition) is 5. The number of carbonyl (C=O) groups is 1. The van der Waals surface area contributed by atoms with Crippen molar-refractivity contribution in [3.63, 3.8) is 0 Å². The van der Waals surface area contributed by atoms with Crippen LogP contribution in [-0.2, 0) is 20.8 Å². The first kappa shape index (κ1) is 13.4. The van der Waals surface area contributed by atoms with E-state index in [1.807, 2.05) is 31.2 Å². The quantitative estimate of drug-likeness (QED) is 0.625. The fraction of sp³-hybridized carbons (Fsp3) is 0.385. The Morgan fingerprint density at radius 1 is 1.37 bits per heavy atom. The maximum absolute atomic E-state index is 11.7. The third-order valence-electron chi connectivity index (χ3n) is 2.67. The van der Waals surface area contributed by atoms with E-state index in [-0.39, 0.29) is 19.1 Å². The molecule has 0 fully saturated rings. The Kier molecular flexibility index (Phi) is 4.35. The fourth-order valence-electron chi connectivity index (χ4n) is 1.79. The second-order valence-corrected chi connectivity index (χ2v) is 3.96. The highest BCUT2D eigenvalue weighted by atomic mass is 16.6. The summed E-state index contributed by atoms with van der Waals surface area (Å²) in [5, 5.41) is 0. The number of anilines is 1. The molecule has 0 atom stereocenters. The summed E-state index contributed by atoms with van der Waals surface area (Å²) in [6.45, 7) is 3.21. The Hall–Kier alpha value is -2.08. The SMILES string of the molecule is CCOCCOC(=O)Cn1c(N)nc2ccccc21. The van der Waals surface area contributed by atoms with Gasteiger partial charge in [0.25, 0.3) is 0 Å². The number of ether oxygens (including phenoxy) is 2. The molecular weight excluding hydrogens is 246 g/mol. The first-order valence-electron chi connectivity index (χ1n) is 6.16. The lowest BCUT2D eigenvalue weighted by Gasteiger charge is -2.07. The first-order valence-corrected chi connectivity index (χ1v) is 6.16. The van der Waals surface area contributed by atoms with Crippen molar-refractivity contribution < 1.29 is 14.3 Å². The molecule has 0 aliphatic rings. The summed E-state index contributed by atoms with van der Waals surface area (Å²) in [4.78, 5) is 15.9. The number of carbonyl (C=O) groups excluding carboxylic acids is 1. The minimum Gasteiger partial charge on any atom is -0.462 e. The molecule has 6 nitrogen and oxygen atoms in total. The van der Waals surface area contributed by atoms with E-state index in [9.17, 15) is 4.79 Å². The first-order chi connectivity index (χ1) is 9.22. The number of aromatic nitrogens is 2. The van der Waals surface area contributed by atoms with E-state index in [1.165, 1.54) is 0 Å². The molecule has 0 saturated heterocycles. The van der Waals surface area contributed by atoms with Crippen molar-refractivity contribution in [2.45, 2.75) is 13.5 Å². The molecular formula is C13H17N3O3. The molecule has 1 heterocycles. The molecule has 0 aliphatic carbocycles. The maximum Gasteiger partial charge on any atom is 0.326 e. The van der Waals surface area contributed by atoms with Gasteiger partial charge in [-0.1, -0.05) is 12.1 Å². The number of nitrogens with zero attached hydrogens (tertiary/aromatic N) is 2. The molecule has 1 aromatic heterocycles. The van der Waals surface area contributed by atoms with E-state index in [0.29, 0.717) is 19.2 Å². The van der Waals surface area contributed by atoms with Crippen LogP contribution in [0, 0.1) is 0 Å². The molecule has 2 rings (SSSR count). The summed E-state index contributed by atoms with van der Waals surface area (Å²) in [6, 6.07) is 7.47. The van der Waals surface area contributed by atoms with Crippen molar-refractivity contribution in [2.75, 3.05) is 25.6 Å². The van der Waals surface area contributed by atoms with Gasteiger partial charge in [0.15, 0.2) is 0 Å². The average molecular weight is 263 g/mol. The summed E-state index contributed by atoms with van der Waals surface area (Å²) >= 11 is 0. The number of esters is 1. The van der Waals surface area contributed by atoms with E-state index in [4.69, 9.17) is 15.2 Å². The van der Waals surface area contributed by atoms with Gasteiger partial charge in [-0.25, -0.2) is 4.98 Å². The van der Waals surface area contributed by atoms with Crippen LogP contribution < -0.4 is 5.73 Å². The van der Waals surface area contributed by atoms with Crippen LogP contribution in [0.3, 0.4) is 0 Å². The summed E-state index contributed by atoms with van der Waals surface area (Å²) in [7, 11) is 0. The molecule has 2 N–H and O–H groups in total. The van der Waals surface area contributed by atoms with Gasteiger partial charge in [0.05, 0.1) is 17.6 Å². The van der Waals surface area contributed by atoms with Gasteiger partial charge in [-0.05, 0) is 19.1 Å². The fourth-order valence-corrected chi connectivity index (χ4v) is 1.79. The van der Waals surface area contributed by atoms with E-state index in [0.717, 1.165) is 11.0 Å². The third-order valence-corrected chi connectivity index (χ3v) is 2.67. The smallest absolute Gasteiger partial charge is 0.326 e. The predicted molar refractivity (Wildman–Crippen MR) is 71.6 cm³/mol. The molecule has 0 unspecified atom stereocenters. The average Bonchev–Trinajstić information content (AvgIpc) is 2.72. The van der Waals surface area contributed by atoms with Crippen LogP contribution in [0.25, 0.3) is 11.0 Å². The lowest BCUT2D eigenvalue weighted by molar-refractivity contribution is -0.145. The zero-order valence-corrected chi connectivity index (χ0v) is 10.8. The van der Waals surface area contributed by atoms with E-state index in [1.54, 1.807) is 4.57 Å². The molecule has 0 saturated carbocycles. The minimum atomic E-state index is -0.352. The molecule has 0 radical (unpaired) electrons. The van der Waals surface area contributed by atoms with Gasteiger partial charge in [0.1, 0.15) is 13.2 Å². The normalized spacial score (nSPS) is 10.8. The van der Waals surface area contributed by atoms with Crippen LogP contribution in [0.4, 0.5) is 5.95 Å². The molecule has 102 valence electrons. The standard InChI is InChI=1S/C13H17N3O3/c1-2-18-7-8-19-12(17)9-16-11-6-4-3-5-10(11)15-13(16)14/h3-6H,2,7-9H2,1H3,(H2,14,15). The van der Waals surface area contributed by atoms with Crippen LogP contribution in [0.1, 0.15) is 6.92 Å². The number of hydrogen-bond donors (Lipinski definition) is 1. The summed E-state index contributed by atoms with van der Waals surface area (Å²) in [5.41, 5.74) is 7.38. The number of rotatable bonds is 6. The van der Waals surface area contributed by atoms with E-state index >= 15 is 0 Å². The predicted octanol–water partition coefficient (Wildman–Crippen LogP) is 1.20.